The topological polar surface area (TPSA) is 60.4 Å². The van der Waals surface area contributed by atoms with E-state index in [0.29, 0.717) is 0 Å². The summed E-state index contributed by atoms with van der Waals surface area (Å²) in [6, 6.07) is 8.42. The van der Waals surface area contributed by atoms with Gasteiger partial charge in [0.1, 0.15) is 11.2 Å². The number of nitrogens with zero attached hydrogens (tertiary/aromatic N) is 6. The standard InChI is InChI=1S/C20H17BrN6S2/c1-11-2-7-14-15(8-11)29-18-16(14)17-22-10-23-27(17)19-24-25-20(26(18)19)28-9-12-3-5-13(21)6-4-12/h3-6,10-11H,2,7-9H2,1H3. The van der Waals surface area contributed by atoms with Crippen LogP contribution in [0.4, 0.5) is 0 Å². The van der Waals surface area contributed by atoms with Crippen molar-refractivity contribution >= 4 is 60.7 Å². The summed E-state index contributed by atoms with van der Waals surface area (Å²) in [4.78, 5) is 7.25. The maximum absolute atomic E-state index is 4.57. The Bertz CT molecular complexity index is 1370. The van der Waals surface area contributed by atoms with Crippen LogP contribution in [0, 0.1) is 5.92 Å². The minimum atomic E-state index is 0.729. The summed E-state index contributed by atoms with van der Waals surface area (Å²) in [5, 5.41) is 15.6. The fourth-order valence-corrected chi connectivity index (χ4v) is 6.80. The van der Waals surface area contributed by atoms with Crippen molar-refractivity contribution < 1.29 is 0 Å². The van der Waals surface area contributed by atoms with Crippen LogP contribution in [0.2, 0.25) is 0 Å². The van der Waals surface area contributed by atoms with E-state index < -0.39 is 0 Å². The van der Waals surface area contributed by atoms with Crippen molar-refractivity contribution in [3.63, 3.8) is 0 Å². The Balaban J connectivity index is 1.54. The second-order valence-electron chi connectivity index (χ2n) is 7.56. The van der Waals surface area contributed by atoms with Gasteiger partial charge in [0.15, 0.2) is 10.8 Å². The lowest BCUT2D eigenvalue weighted by molar-refractivity contribution is 0.509. The van der Waals surface area contributed by atoms with E-state index in [1.807, 2.05) is 15.9 Å². The predicted octanol–water partition coefficient (Wildman–Crippen LogP) is 5.17. The van der Waals surface area contributed by atoms with E-state index in [2.05, 4.69) is 71.8 Å². The number of fused-ring (bicyclic) bond motifs is 8. The van der Waals surface area contributed by atoms with Gasteiger partial charge in [-0.25, -0.2) is 9.38 Å². The van der Waals surface area contributed by atoms with Gasteiger partial charge in [0.05, 0.1) is 5.39 Å². The van der Waals surface area contributed by atoms with Crippen molar-refractivity contribution in [3.8, 4) is 0 Å². The molecule has 0 aliphatic heterocycles. The molecule has 1 atom stereocenters. The third kappa shape index (κ3) is 2.82. The lowest BCUT2D eigenvalue weighted by atomic mass is 9.89. The molecule has 146 valence electrons. The minimum Gasteiger partial charge on any atom is -0.244 e. The summed E-state index contributed by atoms with van der Waals surface area (Å²) in [5.41, 5.74) is 3.60. The van der Waals surface area contributed by atoms with E-state index in [0.717, 1.165) is 45.6 Å². The van der Waals surface area contributed by atoms with Crippen LogP contribution in [0.3, 0.4) is 0 Å². The van der Waals surface area contributed by atoms with E-state index in [1.54, 1.807) is 18.1 Å². The van der Waals surface area contributed by atoms with Gasteiger partial charge in [-0.2, -0.15) is 9.61 Å². The van der Waals surface area contributed by atoms with Gasteiger partial charge in [0.2, 0.25) is 0 Å². The third-order valence-electron chi connectivity index (χ3n) is 5.55. The number of benzene rings is 1. The maximum atomic E-state index is 4.57. The molecule has 0 fully saturated rings. The molecule has 4 aromatic heterocycles. The molecule has 6 rings (SSSR count). The minimum absolute atomic E-state index is 0.729. The van der Waals surface area contributed by atoms with Crippen LogP contribution in [-0.2, 0) is 18.6 Å². The summed E-state index contributed by atoms with van der Waals surface area (Å²) < 4.78 is 5.10. The smallest absolute Gasteiger partial charge is 0.244 e. The molecule has 5 aromatic rings. The molecular formula is C20H17BrN6S2. The summed E-state index contributed by atoms with van der Waals surface area (Å²) in [6.45, 7) is 2.34. The second kappa shape index (κ2) is 6.78. The van der Waals surface area contributed by atoms with Gasteiger partial charge in [-0.3, -0.25) is 0 Å². The van der Waals surface area contributed by atoms with Gasteiger partial charge in [0, 0.05) is 15.1 Å². The molecule has 29 heavy (non-hydrogen) atoms. The average Bonchev–Trinajstić information content (AvgIpc) is 3.42. The zero-order valence-corrected chi connectivity index (χ0v) is 18.9. The Morgan fingerprint density at radius 2 is 2.10 bits per heavy atom. The fourth-order valence-electron chi connectivity index (χ4n) is 4.08. The first-order valence-corrected chi connectivity index (χ1v) is 12.2. The lowest BCUT2D eigenvalue weighted by Crippen LogP contribution is -2.08. The molecule has 1 aromatic carbocycles. The maximum Gasteiger partial charge on any atom is 0.260 e. The van der Waals surface area contributed by atoms with Gasteiger partial charge >= 0.3 is 0 Å². The van der Waals surface area contributed by atoms with Crippen LogP contribution in [0.5, 0.6) is 0 Å². The van der Waals surface area contributed by atoms with Crippen molar-refractivity contribution in [2.24, 2.45) is 5.92 Å². The molecule has 0 amide bonds. The summed E-state index contributed by atoms with van der Waals surface area (Å²) in [5.74, 6) is 2.30. The van der Waals surface area contributed by atoms with Gasteiger partial charge < -0.3 is 0 Å². The largest absolute Gasteiger partial charge is 0.260 e. The highest BCUT2D eigenvalue weighted by molar-refractivity contribution is 9.10. The quantitative estimate of drug-likeness (QED) is 0.330. The number of thiophene rings is 1. The lowest BCUT2D eigenvalue weighted by Gasteiger charge is -2.17. The van der Waals surface area contributed by atoms with E-state index in [-0.39, 0.29) is 0 Å². The van der Waals surface area contributed by atoms with Gasteiger partial charge in [0.25, 0.3) is 5.78 Å². The monoisotopic (exact) mass is 484 g/mol. The Labute approximate surface area is 183 Å². The molecular weight excluding hydrogens is 468 g/mol. The van der Waals surface area contributed by atoms with Crippen LogP contribution in [-0.4, -0.2) is 29.2 Å². The number of thioether (sulfide) groups is 1. The predicted molar refractivity (Wildman–Crippen MR) is 120 cm³/mol. The van der Waals surface area contributed by atoms with Crippen LogP contribution in [0.15, 0.2) is 40.2 Å². The first kappa shape index (κ1) is 17.9. The SMILES string of the molecule is CC1CCc2c(sc3c2c2ncnn2c2nnc(SCc4ccc(Br)cc4)n32)C1. The molecule has 4 heterocycles. The Morgan fingerprint density at radius 3 is 2.97 bits per heavy atom. The third-order valence-corrected chi connectivity index (χ3v) is 8.32. The van der Waals surface area contributed by atoms with Gasteiger partial charge in [-0.1, -0.05) is 46.7 Å². The molecule has 1 unspecified atom stereocenters. The summed E-state index contributed by atoms with van der Waals surface area (Å²) in [7, 11) is 0. The molecule has 0 N–H and O–H groups in total. The summed E-state index contributed by atoms with van der Waals surface area (Å²) >= 11 is 7.08. The normalized spacial score (nSPS) is 16.8. The number of halogens is 1. The molecule has 0 bridgehead atoms. The zero-order chi connectivity index (χ0) is 19.5. The molecule has 0 saturated carbocycles. The first-order chi connectivity index (χ1) is 14.2. The van der Waals surface area contributed by atoms with E-state index in [9.17, 15) is 0 Å². The number of rotatable bonds is 3. The molecule has 0 saturated heterocycles. The van der Waals surface area contributed by atoms with E-state index >= 15 is 0 Å². The van der Waals surface area contributed by atoms with Crippen molar-refractivity contribution in [2.45, 2.75) is 37.1 Å². The Morgan fingerprint density at radius 1 is 1.24 bits per heavy atom. The Hall–Kier alpha value is -1.97. The highest BCUT2D eigenvalue weighted by atomic mass is 79.9. The number of hydrogen-bond acceptors (Lipinski definition) is 6. The van der Waals surface area contributed by atoms with Crippen molar-refractivity contribution in [1.82, 2.24) is 29.2 Å². The van der Waals surface area contributed by atoms with Crippen LogP contribution >= 0.6 is 39.0 Å². The summed E-state index contributed by atoms with van der Waals surface area (Å²) in [6.07, 6.45) is 5.09. The van der Waals surface area contributed by atoms with Crippen molar-refractivity contribution in [2.75, 3.05) is 0 Å². The average molecular weight is 485 g/mol. The van der Waals surface area contributed by atoms with Crippen LogP contribution in [0.1, 0.15) is 29.3 Å². The van der Waals surface area contributed by atoms with Gasteiger partial charge in [-0.15, -0.1) is 21.5 Å². The second-order valence-corrected chi connectivity index (χ2v) is 10.5. The highest BCUT2D eigenvalue weighted by Crippen LogP contribution is 2.41. The van der Waals surface area contributed by atoms with Crippen LogP contribution < -0.4 is 0 Å². The molecule has 1 aliphatic carbocycles. The van der Waals surface area contributed by atoms with Gasteiger partial charge in [-0.05, 0) is 48.4 Å². The number of aromatic nitrogens is 6. The highest BCUT2D eigenvalue weighted by Gasteiger charge is 2.26. The zero-order valence-electron chi connectivity index (χ0n) is 15.7. The van der Waals surface area contributed by atoms with Crippen molar-refractivity contribution in [1.29, 1.82) is 0 Å². The molecule has 6 nitrogen and oxygen atoms in total. The van der Waals surface area contributed by atoms with E-state index in [4.69, 9.17) is 0 Å². The Kier molecular flexibility index (Phi) is 4.18. The van der Waals surface area contributed by atoms with E-state index in [1.165, 1.54) is 32.6 Å². The molecule has 0 spiro atoms. The number of aryl methyl sites for hydroxylation is 1. The molecule has 9 heteroatoms. The first-order valence-electron chi connectivity index (χ1n) is 9.57. The molecule has 1 aliphatic rings. The fraction of sp³-hybridized carbons (Fsp3) is 0.300. The molecule has 0 radical (unpaired) electrons. The number of hydrogen-bond donors (Lipinski definition) is 0. The van der Waals surface area contributed by atoms with Crippen molar-refractivity contribution in [3.05, 3.63) is 51.1 Å². The van der Waals surface area contributed by atoms with Crippen LogP contribution in [0.25, 0.3) is 21.6 Å².